The predicted molar refractivity (Wildman–Crippen MR) is 117 cm³/mol. The molecule has 1 aliphatic rings. The van der Waals surface area contributed by atoms with Crippen molar-refractivity contribution in [3.05, 3.63) is 47.4 Å². The second kappa shape index (κ2) is 9.99. The molecule has 0 saturated carbocycles. The number of aliphatic hydroxyl groups excluding tert-OH is 1. The third-order valence-electron chi connectivity index (χ3n) is 5.76. The maximum atomic E-state index is 11.6. The van der Waals surface area contributed by atoms with Crippen LogP contribution in [0.25, 0.3) is 0 Å². The Morgan fingerprint density at radius 1 is 1.27 bits per heavy atom. The van der Waals surface area contributed by atoms with Crippen LogP contribution < -0.4 is 0 Å². The fraction of sp³-hybridized carbons (Fsp3) is 0.609. The van der Waals surface area contributed by atoms with Crippen LogP contribution in [0.4, 0.5) is 0 Å². The van der Waals surface area contributed by atoms with Gasteiger partial charge in [-0.1, -0.05) is 31.6 Å². The number of hydrogen-bond acceptors (Lipinski definition) is 6. The third kappa shape index (κ3) is 5.87. The van der Waals surface area contributed by atoms with Crippen LogP contribution in [0, 0.1) is 0 Å². The van der Waals surface area contributed by atoms with E-state index in [9.17, 15) is 9.90 Å². The average molecular weight is 418 g/mol. The van der Waals surface area contributed by atoms with Gasteiger partial charge in [0.25, 0.3) is 0 Å². The Morgan fingerprint density at radius 2 is 1.90 bits per heavy atom. The van der Waals surface area contributed by atoms with E-state index >= 15 is 0 Å². The van der Waals surface area contributed by atoms with Crippen LogP contribution in [-0.4, -0.2) is 29.4 Å². The lowest BCUT2D eigenvalue weighted by molar-refractivity contribution is -0.147. The molecule has 2 rings (SSSR count). The number of furan rings is 1. The molecule has 0 spiro atoms. The number of hydrogen-bond donors (Lipinski definition) is 1. The average Bonchev–Trinajstić information content (AvgIpc) is 3.20. The van der Waals surface area contributed by atoms with E-state index in [2.05, 4.69) is 13.5 Å². The van der Waals surface area contributed by atoms with E-state index in [1.807, 2.05) is 33.8 Å². The number of ether oxygens (including phenoxy) is 1. The van der Waals surface area contributed by atoms with Crippen LogP contribution >= 0.6 is 0 Å². The summed E-state index contributed by atoms with van der Waals surface area (Å²) in [6, 6.07) is 3.39. The zero-order valence-corrected chi connectivity index (χ0v) is 19.1. The van der Waals surface area contributed by atoms with Gasteiger partial charge in [0.15, 0.2) is 6.10 Å². The first-order valence-corrected chi connectivity index (χ1v) is 10.6. The normalized spacial score (nSPS) is 19.0. The number of carbonyl (C=O) groups is 1. The fourth-order valence-corrected chi connectivity index (χ4v) is 3.22. The van der Waals surface area contributed by atoms with Crippen molar-refractivity contribution >= 4 is 13.1 Å². The molecule has 1 saturated heterocycles. The lowest BCUT2D eigenvalue weighted by atomic mass is 9.72. The van der Waals surface area contributed by atoms with Gasteiger partial charge in [0, 0.05) is 13.3 Å². The molecule has 7 heteroatoms. The number of aliphatic hydroxyl groups is 1. The maximum absolute atomic E-state index is 11.6. The first-order chi connectivity index (χ1) is 14.0. The molecule has 0 amide bonds. The standard InChI is InChI=1S/C23H35BO6/c1-8-9-10-16(2)19(24-29-22(4,5)23(6,7)30-24)12-14-20(27-17(3)26)21-13-11-18(15-25)28-21/h11-13,20,25H,2,8-10,14-15H2,1,3-7H3/b19-12-/t20-/m1/s1. The first kappa shape index (κ1) is 24.4. The van der Waals surface area contributed by atoms with Crippen molar-refractivity contribution in [1.29, 1.82) is 0 Å². The maximum Gasteiger partial charge on any atom is 0.494 e. The Hall–Kier alpha value is -1.83. The van der Waals surface area contributed by atoms with Crippen LogP contribution in [0.1, 0.15) is 84.9 Å². The van der Waals surface area contributed by atoms with Crippen LogP contribution in [0.2, 0.25) is 0 Å². The van der Waals surface area contributed by atoms with Gasteiger partial charge >= 0.3 is 13.1 Å². The highest BCUT2D eigenvalue weighted by molar-refractivity contribution is 6.56. The lowest BCUT2D eigenvalue weighted by Crippen LogP contribution is -2.41. The largest absolute Gasteiger partial charge is 0.494 e. The van der Waals surface area contributed by atoms with E-state index in [4.69, 9.17) is 18.5 Å². The molecule has 1 aromatic rings. The van der Waals surface area contributed by atoms with Crippen LogP contribution in [0.3, 0.4) is 0 Å². The van der Waals surface area contributed by atoms with Gasteiger partial charge < -0.3 is 23.6 Å². The molecule has 1 aliphatic heterocycles. The van der Waals surface area contributed by atoms with Crippen molar-refractivity contribution in [2.24, 2.45) is 0 Å². The number of unbranched alkanes of at least 4 members (excludes halogenated alkanes) is 1. The molecule has 0 unspecified atom stereocenters. The van der Waals surface area contributed by atoms with E-state index in [0.717, 1.165) is 30.3 Å². The molecule has 30 heavy (non-hydrogen) atoms. The molecule has 1 atom stereocenters. The SMILES string of the molecule is C=C(CCCC)/C(=C/C[C@@H](OC(C)=O)c1ccc(CO)o1)B1OC(C)(C)C(C)(C)O1. The molecule has 1 aromatic heterocycles. The van der Waals surface area contributed by atoms with Crippen molar-refractivity contribution in [2.45, 2.75) is 91.1 Å². The van der Waals surface area contributed by atoms with Gasteiger partial charge in [-0.2, -0.15) is 0 Å². The summed E-state index contributed by atoms with van der Waals surface area (Å²) in [7, 11) is -0.540. The molecule has 166 valence electrons. The number of esters is 1. The monoisotopic (exact) mass is 418 g/mol. The summed E-state index contributed by atoms with van der Waals surface area (Å²) >= 11 is 0. The van der Waals surface area contributed by atoms with Gasteiger partial charge in [-0.05, 0) is 58.1 Å². The molecule has 0 radical (unpaired) electrons. The first-order valence-electron chi connectivity index (χ1n) is 10.6. The zero-order valence-electron chi connectivity index (χ0n) is 19.1. The molecule has 0 aromatic carbocycles. The van der Waals surface area contributed by atoms with Gasteiger partial charge in [-0.15, -0.1) is 0 Å². The second-order valence-corrected chi connectivity index (χ2v) is 8.75. The minimum atomic E-state index is -0.612. The van der Waals surface area contributed by atoms with E-state index in [1.165, 1.54) is 6.92 Å². The topological polar surface area (TPSA) is 78.1 Å². The van der Waals surface area contributed by atoms with Crippen LogP contribution in [0.5, 0.6) is 0 Å². The molecule has 1 N–H and O–H groups in total. The van der Waals surface area contributed by atoms with Gasteiger partial charge in [-0.25, -0.2) is 0 Å². The molecule has 0 aliphatic carbocycles. The van der Waals surface area contributed by atoms with Gasteiger partial charge in [0.05, 0.1) is 11.2 Å². The highest BCUT2D eigenvalue weighted by Gasteiger charge is 2.52. The summed E-state index contributed by atoms with van der Waals surface area (Å²) in [4.78, 5) is 11.6. The Bertz CT molecular complexity index is 760. The van der Waals surface area contributed by atoms with E-state index in [1.54, 1.807) is 12.1 Å². The Kier molecular flexibility index (Phi) is 8.14. The van der Waals surface area contributed by atoms with Crippen molar-refractivity contribution in [2.75, 3.05) is 0 Å². The van der Waals surface area contributed by atoms with Crippen molar-refractivity contribution in [3.8, 4) is 0 Å². The summed E-state index contributed by atoms with van der Waals surface area (Å²) in [5.74, 6) is 0.500. The molecular formula is C23H35BO6. The Labute approximate surface area is 180 Å². The fourth-order valence-electron chi connectivity index (χ4n) is 3.22. The van der Waals surface area contributed by atoms with Crippen molar-refractivity contribution < 1.29 is 28.4 Å². The molecule has 6 nitrogen and oxygen atoms in total. The van der Waals surface area contributed by atoms with E-state index in [-0.39, 0.29) is 6.61 Å². The van der Waals surface area contributed by atoms with Gasteiger partial charge in [0.2, 0.25) is 0 Å². The minimum Gasteiger partial charge on any atom is -0.460 e. The van der Waals surface area contributed by atoms with Gasteiger partial charge in [0.1, 0.15) is 18.1 Å². The lowest BCUT2D eigenvalue weighted by Gasteiger charge is -2.32. The highest BCUT2D eigenvalue weighted by atomic mass is 16.7. The number of allylic oxidation sites excluding steroid dienone is 2. The molecular weight excluding hydrogens is 383 g/mol. The van der Waals surface area contributed by atoms with Crippen LogP contribution in [0.15, 0.2) is 40.3 Å². The molecule has 1 fully saturated rings. The van der Waals surface area contributed by atoms with Crippen molar-refractivity contribution in [3.63, 3.8) is 0 Å². The summed E-state index contributed by atoms with van der Waals surface area (Å²) in [5, 5.41) is 9.27. The van der Waals surface area contributed by atoms with E-state index in [0.29, 0.717) is 17.9 Å². The summed E-state index contributed by atoms with van der Waals surface area (Å²) < 4.78 is 23.6. The summed E-state index contributed by atoms with van der Waals surface area (Å²) in [6.07, 6.45) is 4.64. The van der Waals surface area contributed by atoms with Crippen molar-refractivity contribution in [1.82, 2.24) is 0 Å². The second-order valence-electron chi connectivity index (χ2n) is 8.75. The van der Waals surface area contributed by atoms with Crippen LogP contribution in [-0.2, 0) is 25.4 Å². The summed E-state index contributed by atoms with van der Waals surface area (Å²) in [6.45, 7) is 15.6. The quantitative estimate of drug-likeness (QED) is 0.325. The Morgan fingerprint density at radius 3 is 2.40 bits per heavy atom. The predicted octanol–water partition coefficient (Wildman–Crippen LogP) is 5.07. The Balaban J connectivity index is 2.31. The summed E-state index contributed by atoms with van der Waals surface area (Å²) in [5.41, 5.74) is 0.892. The third-order valence-corrected chi connectivity index (χ3v) is 5.76. The number of carbonyl (C=O) groups excluding carboxylic acids is 1. The minimum absolute atomic E-state index is 0.213. The van der Waals surface area contributed by atoms with Gasteiger partial charge in [-0.3, -0.25) is 4.79 Å². The zero-order chi connectivity index (χ0) is 22.5. The van der Waals surface area contributed by atoms with E-state index < -0.39 is 30.4 Å². The molecule has 0 bridgehead atoms. The smallest absolute Gasteiger partial charge is 0.460 e. The molecule has 2 heterocycles. The highest BCUT2D eigenvalue weighted by Crippen LogP contribution is 2.40. The number of rotatable bonds is 10.